The highest BCUT2D eigenvalue weighted by Gasteiger charge is 2.29. The zero-order chi connectivity index (χ0) is 22.6. The van der Waals surface area contributed by atoms with Crippen LogP contribution in [-0.2, 0) is 24.5 Å². The van der Waals surface area contributed by atoms with Crippen LogP contribution in [0, 0.1) is 0 Å². The molecule has 2 aromatic heterocycles. The average molecular weight is 506 g/mol. The fraction of sp³-hybridized carbons (Fsp3) is 0.143. The predicted octanol–water partition coefficient (Wildman–Crippen LogP) is -3.62. The van der Waals surface area contributed by atoms with Crippen molar-refractivity contribution in [2.24, 2.45) is 16.1 Å². The molecule has 0 amide bonds. The third-order valence-electron chi connectivity index (χ3n) is 4.22. The first-order valence-corrected chi connectivity index (χ1v) is 12.6. The van der Waals surface area contributed by atoms with Crippen LogP contribution in [0.25, 0.3) is 22.0 Å². The number of nitrogens with two attached hydrogens (primary N) is 1. The molecule has 2 aliphatic carbocycles. The van der Waals surface area contributed by atoms with E-state index in [4.69, 9.17) is 5.90 Å². The minimum atomic E-state index is -4.81. The fourth-order valence-corrected chi connectivity index (χ4v) is 6.49. The molecule has 0 saturated carbocycles. The molecule has 0 aliphatic heterocycles. The number of thiazole rings is 2. The Morgan fingerprint density at radius 1 is 0.903 bits per heavy atom. The van der Waals surface area contributed by atoms with Crippen LogP contribution >= 0.6 is 22.7 Å². The lowest BCUT2D eigenvalue weighted by atomic mass is 10.2. The van der Waals surface area contributed by atoms with Gasteiger partial charge in [0.05, 0.1) is 31.2 Å². The van der Waals surface area contributed by atoms with Gasteiger partial charge in [0.2, 0.25) is 0 Å². The van der Waals surface area contributed by atoms with Crippen LogP contribution in [0.4, 0.5) is 0 Å². The molecule has 31 heavy (non-hydrogen) atoms. The van der Waals surface area contributed by atoms with Crippen molar-refractivity contribution in [2.75, 3.05) is 0 Å². The van der Waals surface area contributed by atoms with E-state index in [-0.39, 0.29) is 35.0 Å². The molecular weight excluding hydrogens is 494 g/mol. The summed E-state index contributed by atoms with van der Waals surface area (Å²) in [4.78, 5) is 25.7. The van der Waals surface area contributed by atoms with E-state index < -0.39 is 39.8 Å². The van der Waals surface area contributed by atoms with Gasteiger partial charge in [-0.15, -0.1) is 0 Å². The first-order valence-electron chi connectivity index (χ1n) is 8.13. The van der Waals surface area contributed by atoms with Gasteiger partial charge in [0.15, 0.2) is 0 Å². The summed E-state index contributed by atoms with van der Waals surface area (Å²) in [7, 11) is -9.34. The number of aromatic nitrogens is 2. The Bertz CT molecular complexity index is 1750. The summed E-state index contributed by atoms with van der Waals surface area (Å²) in [5, 5.41) is 7.47. The molecule has 0 spiro atoms. The average Bonchev–Trinajstić information content (AvgIpc) is 3.24. The summed E-state index contributed by atoms with van der Waals surface area (Å²) in [5.41, 5.74) is -0.412. The van der Waals surface area contributed by atoms with Crippen LogP contribution in [-0.4, -0.2) is 42.8 Å². The number of aromatic amines is 2. The third-order valence-corrected chi connectivity index (χ3v) is 8.12. The zero-order valence-electron chi connectivity index (χ0n) is 15.0. The molecule has 0 fully saturated rings. The van der Waals surface area contributed by atoms with E-state index in [1.54, 1.807) is 0 Å². The monoisotopic (exact) mass is 505 g/mol. The topological polar surface area (TPSA) is 214 Å². The van der Waals surface area contributed by atoms with Crippen molar-refractivity contribution >= 4 is 76.3 Å². The Morgan fingerprint density at radius 3 is 1.81 bits per heavy atom. The molecule has 0 saturated heterocycles. The lowest BCUT2D eigenvalue weighted by Gasteiger charge is -2.11. The summed E-state index contributed by atoms with van der Waals surface area (Å²) < 4.78 is 62.9. The zero-order valence-corrected chi connectivity index (χ0v) is 18.2. The molecule has 0 aromatic carbocycles. The van der Waals surface area contributed by atoms with E-state index in [9.17, 15) is 31.0 Å². The summed E-state index contributed by atoms with van der Waals surface area (Å²) >= 11 is 1.53. The molecule has 2 aliphatic rings. The van der Waals surface area contributed by atoms with Crippen molar-refractivity contribution in [1.82, 2.24) is 9.97 Å². The standard InChI is InChI=1S/C14H11N5O8S4/c15-27-31(25,26)12-6(2-4-8-10(12)17-14(21)29-8)19-18-5-1-3-7-9(16-13(20)28-7)11(5)30(22,23)24/h3-4H,1-2,15H2,(H,16,20)(H,17,21)(H,22,23,24). The normalized spacial score (nSPS) is 19.2. The molecule has 164 valence electrons. The molecule has 17 heteroatoms. The van der Waals surface area contributed by atoms with Crippen LogP contribution in [0.1, 0.15) is 12.8 Å². The molecule has 5 N–H and O–H groups in total. The van der Waals surface area contributed by atoms with Crippen molar-refractivity contribution in [3.63, 3.8) is 0 Å². The van der Waals surface area contributed by atoms with Gasteiger partial charge in [0, 0.05) is 12.8 Å². The Kier molecular flexibility index (Phi) is 5.28. The summed E-state index contributed by atoms with van der Waals surface area (Å²) in [6.45, 7) is 0. The van der Waals surface area contributed by atoms with Crippen LogP contribution in [0.2, 0.25) is 0 Å². The quantitative estimate of drug-likeness (QED) is 0.238. The Labute approximate surface area is 179 Å². The summed E-state index contributed by atoms with van der Waals surface area (Å²) in [6.07, 6.45) is 2.85. The van der Waals surface area contributed by atoms with Crippen molar-refractivity contribution in [1.29, 1.82) is 0 Å². The van der Waals surface area contributed by atoms with Crippen molar-refractivity contribution < 1.29 is 25.7 Å². The van der Waals surface area contributed by atoms with Gasteiger partial charge in [-0.25, -0.2) is 0 Å². The minimum Gasteiger partial charge on any atom is -0.311 e. The van der Waals surface area contributed by atoms with Gasteiger partial charge in [0.25, 0.3) is 10.1 Å². The number of nitrogens with zero attached hydrogens (tertiary/aromatic N) is 2. The second-order valence-electron chi connectivity index (χ2n) is 6.10. The van der Waals surface area contributed by atoms with Gasteiger partial charge in [-0.05, 0) is 0 Å². The van der Waals surface area contributed by atoms with E-state index in [0.717, 1.165) is 22.7 Å². The molecule has 4 rings (SSSR count). The number of hydrogen-bond acceptors (Lipinski definition) is 12. The van der Waals surface area contributed by atoms with E-state index in [0.29, 0.717) is 9.06 Å². The molecule has 2 heterocycles. The molecule has 0 radical (unpaired) electrons. The van der Waals surface area contributed by atoms with Crippen molar-refractivity contribution in [3.8, 4) is 0 Å². The first kappa shape index (κ1) is 21.7. The maximum atomic E-state index is 12.3. The highest BCUT2D eigenvalue weighted by Crippen LogP contribution is 2.17. The number of rotatable bonds is 4. The molecule has 2 aromatic rings. The van der Waals surface area contributed by atoms with E-state index in [1.165, 1.54) is 12.2 Å². The Morgan fingerprint density at radius 2 is 1.35 bits per heavy atom. The number of nitrogens with one attached hydrogen (secondary N) is 2. The second-order valence-corrected chi connectivity index (χ2v) is 11.0. The highest BCUT2D eigenvalue weighted by molar-refractivity contribution is 7.97. The van der Waals surface area contributed by atoms with Gasteiger partial charge in [-0.1, -0.05) is 34.8 Å². The molecule has 0 atom stereocenters. The highest BCUT2D eigenvalue weighted by atomic mass is 32.2. The van der Waals surface area contributed by atoms with E-state index in [2.05, 4.69) is 24.5 Å². The van der Waals surface area contributed by atoms with Crippen LogP contribution in [0.3, 0.4) is 0 Å². The lowest BCUT2D eigenvalue weighted by molar-refractivity contribution is 0.341. The van der Waals surface area contributed by atoms with Gasteiger partial charge in [0.1, 0.15) is 9.81 Å². The molecule has 13 nitrogen and oxygen atoms in total. The van der Waals surface area contributed by atoms with Crippen molar-refractivity contribution in [2.45, 2.75) is 12.8 Å². The van der Waals surface area contributed by atoms with Crippen LogP contribution in [0.5, 0.6) is 0 Å². The summed E-state index contributed by atoms with van der Waals surface area (Å²) in [5.74, 6) is 4.88. The predicted molar refractivity (Wildman–Crippen MR) is 114 cm³/mol. The molecular formula is C14H11N5O8S4. The summed E-state index contributed by atoms with van der Waals surface area (Å²) in [6, 6.07) is 0. The van der Waals surface area contributed by atoms with Gasteiger partial charge in [-0.3, -0.25) is 14.1 Å². The lowest BCUT2D eigenvalue weighted by Crippen LogP contribution is -2.36. The van der Waals surface area contributed by atoms with Crippen LogP contribution < -0.4 is 35.4 Å². The third kappa shape index (κ3) is 3.91. The molecule has 0 bridgehead atoms. The Hall–Kier alpha value is -2.54. The fourth-order valence-electron chi connectivity index (χ4n) is 3.05. The van der Waals surface area contributed by atoms with Gasteiger partial charge >= 0.3 is 19.9 Å². The number of hydrogen-bond donors (Lipinski definition) is 4. The second kappa shape index (κ2) is 7.55. The maximum absolute atomic E-state index is 12.3. The first-order chi connectivity index (χ1) is 14.5. The largest absolute Gasteiger partial charge is 0.316 e. The van der Waals surface area contributed by atoms with Crippen LogP contribution in [0.15, 0.2) is 19.8 Å². The van der Waals surface area contributed by atoms with Crippen molar-refractivity contribution in [3.05, 3.63) is 39.1 Å². The Balaban J connectivity index is 1.97. The smallest absolute Gasteiger partial charge is 0.311 e. The van der Waals surface area contributed by atoms with Gasteiger partial charge in [-0.2, -0.15) is 37.2 Å². The minimum absolute atomic E-state index is 0.0794. The number of fused-ring (bicyclic) bond motifs is 2. The van der Waals surface area contributed by atoms with Gasteiger partial charge < -0.3 is 9.97 Å². The SMILES string of the molecule is NOS(=O)(=O)C1=c2[nH]c(=O)sc2=CCC1=NN=C1CC=c2sc(=O)[nH]c2=C1S(=O)(=O)O. The maximum Gasteiger partial charge on any atom is 0.316 e. The molecule has 0 unspecified atom stereocenters. The van der Waals surface area contributed by atoms with E-state index >= 15 is 0 Å². The number of H-pyrrole nitrogens is 2. The van der Waals surface area contributed by atoms with E-state index in [1.807, 2.05) is 0 Å².